The van der Waals surface area contributed by atoms with E-state index in [-0.39, 0.29) is 13.2 Å². The van der Waals surface area contributed by atoms with E-state index in [1.54, 1.807) is 25.2 Å². The maximum Gasteiger partial charge on any atom is 0.121 e. The summed E-state index contributed by atoms with van der Waals surface area (Å²) in [7, 11) is 1.56. The van der Waals surface area contributed by atoms with Crippen molar-refractivity contribution in [3.63, 3.8) is 0 Å². The molecule has 1 rings (SSSR count). The average molecular weight is 226 g/mol. The highest BCUT2D eigenvalue weighted by molar-refractivity contribution is 5.70. The van der Waals surface area contributed by atoms with Gasteiger partial charge in [-0.2, -0.15) is 0 Å². The van der Waals surface area contributed by atoms with Crippen LogP contribution in [0.2, 0.25) is 0 Å². The number of nitrogens with zero attached hydrogens (tertiary/aromatic N) is 1. The van der Waals surface area contributed by atoms with Gasteiger partial charge in [-0.05, 0) is 19.1 Å². The molecule has 1 aromatic rings. The summed E-state index contributed by atoms with van der Waals surface area (Å²) in [5, 5.41) is 22.2. The Hall–Kier alpha value is -1.46. The molecular formula is C11H18N2O3. The lowest BCUT2D eigenvalue weighted by atomic mass is 10.2. The molecule has 3 N–H and O–H groups in total. The second-order valence-corrected chi connectivity index (χ2v) is 3.30. The molecule has 16 heavy (non-hydrogen) atoms. The van der Waals surface area contributed by atoms with E-state index in [1.165, 1.54) is 0 Å². The minimum absolute atomic E-state index is 0.0157. The molecule has 0 bridgehead atoms. The van der Waals surface area contributed by atoms with Crippen molar-refractivity contribution in [3.05, 3.63) is 18.2 Å². The first-order valence-electron chi connectivity index (χ1n) is 5.23. The molecule has 5 nitrogen and oxygen atoms in total. The second-order valence-electron chi connectivity index (χ2n) is 3.30. The predicted molar refractivity (Wildman–Crippen MR) is 63.4 cm³/mol. The molecule has 0 heterocycles. The molecule has 0 aliphatic carbocycles. The first-order valence-corrected chi connectivity index (χ1v) is 5.23. The summed E-state index contributed by atoms with van der Waals surface area (Å²) in [6.45, 7) is 2.98. The van der Waals surface area contributed by atoms with Gasteiger partial charge in [0.25, 0.3) is 0 Å². The Labute approximate surface area is 95.2 Å². The number of anilines is 2. The number of benzene rings is 1. The summed E-state index contributed by atoms with van der Waals surface area (Å²) in [4.78, 5) is 0. The van der Waals surface area contributed by atoms with Gasteiger partial charge in [-0.15, -0.1) is 0 Å². The molecule has 0 aliphatic heterocycles. The van der Waals surface area contributed by atoms with E-state index < -0.39 is 0 Å². The Morgan fingerprint density at radius 2 is 2.19 bits per heavy atom. The van der Waals surface area contributed by atoms with Crippen LogP contribution in [0.25, 0.3) is 0 Å². The number of hydrogen-bond donors (Lipinski definition) is 3. The lowest BCUT2D eigenvalue weighted by Crippen LogP contribution is -2.13. The Morgan fingerprint density at radius 1 is 1.44 bits per heavy atom. The zero-order chi connectivity index (χ0) is 12.0. The van der Waals surface area contributed by atoms with Crippen molar-refractivity contribution in [3.8, 4) is 5.75 Å². The van der Waals surface area contributed by atoms with Crippen LogP contribution in [-0.4, -0.2) is 37.1 Å². The van der Waals surface area contributed by atoms with Gasteiger partial charge in [0.15, 0.2) is 0 Å². The summed E-state index contributed by atoms with van der Waals surface area (Å²) >= 11 is 0. The topological polar surface area (TPSA) is 65.0 Å². The second kappa shape index (κ2) is 6.19. The molecule has 0 unspecified atom stereocenters. The summed E-state index contributed by atoms with van der Waals surface area (Å²) in [5.41, 5.74) is 1.47. The van der Waals surface area contributed by atoms with E-state index in [1.807, 2.05) is 6.92 Å². The van der Waals surface area contributed by atoms with E-state index in [0.29, 0.717) is 11.4 Å². The van der Waals surface area contributed by atoms with Crippen molar-refractivity contribution in [2.75, 3.05) is 37.2 Å². The van der Waals surface area contributed by atoms with Gasteiger partial charge in [-0.3, -0.25) is 10.3 Å². The van der Waals surface area contributed by atoms with Crippen molar-refractivity contribution in [1.82, 2.24) is 0 Å². The molecule has 0 atom stereocenters. The highest BCUT2D eigenvalue weighted by Gasteiger charge is 2.06. The summed E-state index contributed by atoms with van der Waals surface area (Å²) in [5.74, 6) is 0.663. The van der Waals surface area contributed by atoms with Gasteiger partial charge in [-0.25, -0.2) is 0 Å². The molecule has 5 heteroatoms. The highest BCUT2D eigenvalue weighted by atomic mass is 16.5. The zero-order valence-corrected chi connectivity index (χ0v) is 9.60. The third-order valence-electron chi connectivity index (χ3n) is 2.04. The Bertz CT molecular complexity index is 329. The molecule has 90 valence electrons. The van der Waals surface area contributed by atoms with E-state index in [0.717, 1.165) is 17.3 Å². The minimum Gasteiger partial charge on any atom is -0.491 e. The van der Waals surface area contributed by atoms with Crippen LogP contribution in [-0.2, 0) is 0 Å². The molecule has 0 fully saturated rings. The first kappa shape index (κ1) is 12.6. The van der Waals surface area contributed by atoms with Crippen LogP contribution in [0, 0.1) is 0 Å². The lowest BCUT2D eigenvalue weighted by Gasteiger charge is -2.17. The standard InChI is InChI=1S/C11H18N2O3/c1-3-12-10-8-9(16-7-6-14)4-5-11(10)13(2)15/h4-5,8,12,14-15H,3,6-7H2,1-2H3. The number of ether oxygens (including phenoxy) is 1. The quantitative estimate of drug-likeness (QED) is 0.638. The van der Waals surface area contributed by atoms with Gasteiger partial charge in [-0.1, -0.05) is 0 Å². The fraction of sp³-hybridized carbons (Fsp3) is 0.455. The Kier molecular flexibility index (Phi) is 4.88. The van der Waals surface area contributed by atoms with Gasteiger partial charge < -0.3 is 15.2 Å². The number of aliphatic hydroxyl groups is 1. The summed E-state index contributed by atoms with van der Waals surface area (Å²) < 4.78 is 5.29. The molecule has 0 spiro atoms. The average Bonchev–Trinajstić information content (AvgIpc) is 2.26. The van der Waals surface area contributed by atoms with Gasteiger partial charge >= 0.3 is 0 Å². The van der Waals surface area contributed by atoms with Crippen LogP contribution < -0.4 is 15.1 Å². The molecule has 0 saturated carbocycles. The molecular weight excluding hydrogens is 208 g/mol. The largest absolute Gasteiger partial charge is 0.491 e. The molecule has 0 saturated heterocycles. The van der Waals surface area contributed by atoms with E-state index in [9.17, 15) is 5.21 Å². The van der Waals surface area contributed by atoms with E-state index in [4.69, 9.17) is 9.84 Å². The fourth-order valence-corrected chi connectivity index (χ4v) is 1.38. The van der Waals surface area contributed by atoms with Gasteiger partial charge in [0.1, 0.15) is 12.4 Å². The van der Waals surface area contributed by atoms with Gasteiger partial charge in [0.05, 0.1) is 18.0 Å². The maximum atomic E-state index is 9.41. The maximum absolute atomic E-state index is 9.41. The number of aliphatic hydroxyl groups excluding tert-OH is 1. The first-order chi connectivity index (χ1) is 7.69. The normalized spacial score (nSPS) is 10.0. The van der Waals surface area contributed by atoms with Gasteiger partial charge in [0, 0.05) is 19.7 Å². The summed E-state index contributed by atoms with van der Waals surface area (Å²) in [6.07, 6.45) is 0. The van der Waals surface area contributed by atoms with Crippen LogP contribution in [0.1, 0.15) is 6.92 Å². The van der Waals surface area contributed by atoms with Gasteiger partial charge in [0.2, 0.25) is 0 Å². The van der Waals surface area contributed by atoms with Crippen LogP contribution in [0.3, 0.4) is 0 Å². The highest BCUT2D eigenvalue weighted by Crippen LogP contribution is 2.28. The van der Waals surface area contributed by atoms with Crippen molar-refractivity contribution in [2.24, 2.45) is 0 Å². The van der Waals surface area contributed by atoms with Crippen LogP contribution in [0.15, 0.2) is 18.2 Å². The number of nitrogens with one attached hydrogen (secondary N) is 1. The van der Waals surface area contributed by atoms with E-state index >= 15 is 0 Å². The van der Waals surface area contributed by atoms with Crippen LogP contribution >= 0.6 is 0 Å². The zero-order valence-electron chi connectivity index (χ0n) is 9.60. The Balaban J connectivity index is 2.88. The third kappa shape index (κ3) is 3.29. The van der Waals surface area contributed by atoms with Crippen LogP contribution in [0.4, 0.5) is 11.4 Å². The SMILES string of the molecule is CCNc1cc(OCCO)ccc1N(C)O. The molecule has 0 radical (unpaired) electrons. The minimum atomic E-state index is -0.0157. The molecule has 0 aliphatic rings. The monoisotopic (exact) mass is 226 g/mol. The van der Waals surface area contributed by atoms with E-state index in [2.05, 4.69) is 5.32 Å². The van der Waals surface area contributed by atoms with Crippen molar-refractivity contribution in [1.29, 1.82) is 0 Å². The number of hydrogen-bond acceptors (Lipinski definition) is 5. The third-order valence-corrected chi connectivity index (χ3v) is 2.04. The van der Waals surface area contributed by atoms with Crippen molar-refractivity contribution < 1.29 is 15.1 Å². The molecule has 0 aromatic heterocycles. The lowest BCUT2D eigenvalue weighted by molar-refractivity contribution is 0.201. The molecule has 0 amide bonds. The fourth-order valence-electron chi connectivity index (χ4n) is 1.38. The smallest absolute Gasteiger partial charge is 0.121 e. The van der Waals surface area contributed by atoms with Crippen LogP contribution in [0.5, 0.6) is 5.75 Å². The Morgan fingerprint density at radius 3 is 2.75 bits per heavy atom. The predicted octanol–water partition coefficient (Wildman–Crippen LogP) is 1.31. The molecule has 1 aromatic carbocycles. The van der Waals surface area contributed by atoms with Crippen molar-refractivity contribution >= 4 is 11.4 Å². The number of rotatable bonds is 6. The summed E-state index contributed by atoms with van der Waals surface area (Å²) in [6, 6.07) is 5.30. The number of hydroxylamine groups is 1. The van der Waals surface area contributed by atoms with Crippen molar-refractivity contribution in [2.45, 2.75) is 6.92 Å².